The summed E-state index contributed by atoms with van der Waals surface area (Å²) in [7, 11) is 1.60. The summed E-state index contributed by atoms with van der Waals surface area (Å²) in [5.41, 5.74) is 2.13. The zero-order chi connectivity index (χ0) is 16.1. The number of ether oxygens (including phenoxy) is 1. The van der Waals surface area contributed by atoms with E-state index in [2.05, 4.69) is 4.98 Å². The summed E-state index contributed by atoms with van der Waals surface area (Å²) in [6.07, 6.45) is 2.96. The van der Waals surface area contributed by atoms with Crippen LogP contribution in [0.15, 0.2) is 48.4 Å². The second-order valence-electron chi connectivity index (χ2n) is 4.65. The molecule has 2 aromatic rings. The van der Waals surface area contributed by atoms with Gasteiger partial charge in [0.1, 0.15) is 5.75 Å². The lowest BCUT2D eigenvalue weighted by molar-refractivity contribution is -0.135. The third kappa shape index (κ3) is 3.76. The minimum Gasteiger partial charge on any atom is -0.502 e. The number of ketones is 1. The van der Waals surface area contributed by atoms with Crippen molar-refractivity contribution in [2.75, 3.05) is 7.11 Å². The van der Waals surface area contributed by atoms with Crippen LogP contribution in [0.4, 0.5) is 0 Å². The predicted molar refractivity (Wildman–Crippen MR) is 79.3 cm³/mol. The number of rotatable bonds is 6. The number of carboxylic acid groups (broad SMARTS) is 1. The number of aromatic nitrogens is 1. The maximum atomic E-state index is 11.8. The van der Waals surface area contributed by atoms with Gasteiger partial charge in [0.25, 0.3) is 0 Å². The number of aliphatic hydroxyl groups excluding tert-OH is 1. The lowest BCUT2D eigenvalue weighted by atomic mass is 10.1. The van der Waals surface area contributed by atoms with Crippen molar-refractivity contribution in [3.05, 3.63) is 65.2 Å². The van der Waals surface area contributed by atoms with Gasteiger partial charge in [-0.05, 0) is 35.7 Å². The summed E-state index contributed by atoms with van der Waals surface area (Å²) >= 11 is 0. The van der Waals surface area contributed by atoms with Crippen molar-refractivity contribution >= 4 is 11.8 Å². The van der Waals surface area contributed by atoms with Crippen LogP contribution in [0.2, 0.25) is 0 Å². The van der Waals surface area contributed by atoms with Crippen LogP contribution in [0.1, 0.15) is 21.6 Å². The highest BCUT2D eigenvalue weighted by molar-refractivity contribution is 6.06. The van der Waals surface area contributed by atoms with Crippen LogP contribution < -0.4 is 4.74 Å². The number of benzene rings is 1. The van der Waals surface area contributed by atoms with Gasteiger partial charge in [0.2, 0.25) is 11.5 Å². The Morgan fingerprint density at radius 3 is 2.45 bits per heavy atom. The molecule has 1 heterocycles. The number of aromatic amines is 1. The average molecular weight is 301 g/mol. The Labute approximate surface area is 126 Å². The molecule has 0 aliphatic heterocycles. The van der Waals surface area contributed by atoms with Gasteiger partial charge in [-0.2, -0.15) is 0 Å². The van der Waals surface area contributed by atoms with E-state index in [1.54, 1.807) is 19.4 Å². The third-order valence-corrected chi connectivity index (χ3v) is 3.06. The van der Waals surface area contributed by atoms with Gasteiger partial charge in [0.15, 0.2) is 0 Å². The smallest absolute Gasteiger partial charge is 0.371 e. The summed E-state index contributed by atoms with van der Waals surface area (Å²) in [5, 5.41) is 17.6. The first-order valence-corrected chi connectivity index (χ1v) is 6.48. The highest BCUT2D eigenvalue weighted by Crippen LogP contribution is 2.16. The van der Waals surface area contributed by atoms with E-state index in [9.17, 15) is 9.59 Å². The lowest BCUT2D eigenvalue weighted by Crippen LogP contribution is -2.04. The quantitative estimate of drug-likeness (QED) is 0.432. The monoisotopic (exact) mass is 301 g/mol. The van der Waals surface area contributed by atoms with Crippen LogP contribution in [0.5, 0.6) is 5.75 Å². The SMILES string of the molecule is COc1ccc(Cc2c[nH]c(C(=O)/C=C(\O)C(=O)O)c2)cc1. The Bertz CT molecular complexity index is 712. The Balaban J connectivity index is 2.09. The van der Waals surface area contributed by atoms with E-state index < -0.39 is 17.5 Å². The van der Waals surface area contributed by atoms with E-state index in [4.69, 9.17) is 14.9 Å². The number of H-pyrrole nitrogens is 1. The molecule has 6 nitrogen and oxygen atoms in total. The summed E-state index contributed by atoms with van der Waals surface area (Å²) < 4.78 is 5.08. The van der Waals surface area contributed by atoms with Gasteiger partial charge >= 0.3 is 5.97 Å². The molecule has 0 saturated heterocycles. The lowest BCUT2D eigenvalue weighted by Gasteiger charge is -2.01. The summed E-state index contributed by atoms with van der Waals surface area (Å²) in [4.78, 5) is 25.0. The molecule has 0 bridgehead atoms. The molecular weight excluding hydrogens is 286 g/mol. The molecule has 1 aromatic carbocycles. The van der Waals surface area contributed by atoms with E-state index in [1.807, 2.05) is 24.3 Å². The zero-order valence-corrected chi connectivity index (χ0v) is 11.9. The van der Waals surface area contributed by atoms with Crippen molar-refractivity contribution in [3.63, 3.8) is 0 Å². The highest BCUT2D eigenvalue weighted by atomic mass is 16.5. The number of hydrogen-bond donors (Lipinski definition) is 3. The minimum atomic E-state index is -1.54. The molecule has 22 heavy (non-hydrogen) atoms. The number of methoxy groups -OCH3 is 1. The molecule has 0 fully saturated rings. The van der Waals surface area contributed by atoms with E-state index >= 15 is 0 Å². The number of allylic oxidation sites excluding steroid dienone is 1. The number of carbonyl (C=O) groups is 2. The number of nitrogens with one attached hydrogen (secondary N) is 1. The number of aliphatic hydroxyl groups is 1. The van der Waals surface area contributed by atoms with Crippen LogP contribution in [0.3, 0.4) is 0 Å². The first kappa shape index (κ1) is 15.4. The molecule has 0 radical (unpaired) electrons. The maximum absolute atomic E-state index is 11.8. The number of hydrogen-bond acceptors (Lipinski definition) is 4. The molecule has 0 unspecified atom stereocenters. The molecule has 6 heteroatoms. The van der Waals surface area contributed by atoms with Crippen molar-refractivity contribution in [1.29, 1.82) is 0 Å². The number of carboxylic acids is 1. The Kier molecular flexibility index (Phi) is 4.63. The van der Waals surface area contributed by atoms with Crippen LogP contribution in [0, 0.1) is 0 Å². The van der Waals surface area contributed by atoms with Crippen LogP contribution in [0.25, 0.3) is 0 Å². The van der Waals surface area contributed by atoms with Crippen molar-refractivity contribution in [2.24, 2.45) is 0 Å². The molecule has 3 N–H and O–H groups in total. The van der Waals surface area contributed by atoms with Gasteiger partial charge in [-0.15, -0.1) is 0 Å². The normalized spacial score (nSPS) is 11.2. The van der Waals surface area contributed by atoms with Crippen molar-refractivity contribution < 1.29 is 24.5 Å². The fourth-order valence-electron chi connectivity index (χ4n) is 1.93. The maximum Gasteiger partial charge on any atom is 0.371 e. The van der Waals surface area contributed by atoms with Crippen molar-refractivity contribution in [1.82, 2.24) is 4.98 Å². The molecule has 114 valence electrons. The van der Waals surface area contributed by atoms with Gasteiger partial charge in [-0.3, -0.25) is 4.79 Å². The van der Waals surface area contributed by atoms with E-state index in [0.717, 1.165) is 16.9 Å². The van der Waals surface area contributed by atoms with Gasteiger partial charge < -0.3 is 19.9 Å². The highest BCUT2D eigenvalue weighted by Gasteiger charge is 2.11. The molecule has 0 amide bonds. The second kappa shape index (κ2) is 6.62. The molecule has 1 aromatic heterocycles. The molecule has 0 aliphatic carbocycles. The zero-order valence-electron chi connectivity index (χ0n) is 11.9. The largest absolute Gasteiger partial charge is 0.502 e. The van der Waals surface area contributed by atoms with Gasteiger partial charge in [0, 0.05) is 12.3 Å². The van der Waals surface area contributed by atoms with Crippen LogP contribution in [-0.4, -0.2) is 34.1 Å². The number of aliphatic carboxylic acids is 1. The molecule has 0 aliphatic rings. The fourth-order valence-corrected chi connectivity index (χ4v) is 1.93. The number of carbonyl (C=O) groups excluding carboxylic acids is 1. The topological polar surface area (TPSA) is 99.6 Å². The summed E-state index contributed by atoms with van der Waals surface area (Å²) in [5.74, 6) is -2.36. The Morgan fingerprint density at radius 2 is 1.86 bits per heavy atom. The van der Waals surface area contributed by atoms with Crippen LogP contribution in [-0.2, 0) is 11.2 Å². The van der Waals surface area contributed by atoms with E-state index in [-0.39, 0.29) is 5.69 Å². The first-order chi connectivity index (χ1) is 10.5. The fraction of sp³-hybridized carbons (Fsp3) is 0.125. The van der Waals surface area contributed by atoms with Gasteiger partial charge in [0.05, 0.1) is 12.8 Å². The van der Waals surface area contributed by atoms with Gasteiger partial charge in [-0.1, -0.05) is 12.1 Å². The Hall–Kier alpha value is -3.02. The Morgan fingerprint density at radius 1 is 1.18 bits per heavy atom. The second-order valence-corrected chi connectivity index (χ2v) is 4.65. The molecule has 0 atom stereocenters. The molecule has 0 spiro atoms. The van der Waals surface area contributed by atoms with Crippen molar-refractivity contribution in [3.8, 4) is 5.75 Å². The molecule has 2 rings (SSSR count). The third-order valence-electron chi connectivity index (χ3n) is 3.06. The summed E-state index contributed by atoms with van der Waals surface area (Å²) in [6, 6.07) is 9.16. The average Bonchev–Trinajstić information content (AvgIpc) is 2.96. The van der Waals surface area contributed by atoms with Crippen LogP contribution >= 0.6 is 0 Å². The molecule has 0 saturated carbocycles. The summed E-state index contributed by atoms with van der Waals surface area (Å²) in [6.45, 7) is 0. The first-order valence-electron chi connectivity index (χ1n) is 6.48. The minimum absolute atomic E-state index is 0.219. The van der Waals surface area contributed by atoms with Crippen molar-refractivity contribution in [2.45, 2.75) is 6.42 Å². The van der Waals surface area contributed by atoms with Gasteiger partial charge in [-0.25, -0.2) is 4.79 Å². The predicted octanol–water partition coefficient (Wildman–Crippen LogP) is 2.32. The van der Waals surface area contributed by atoms with E-state index in [1.165, 1.54) is 0 Å². The molecular formula is C16H15NO5. The van der Waals surface area contributed by atoms with E-state index in [0.29, 0.717) is 12.5 Å². The standard InChI is InChI=1S/C16H15NO5/c1-22-12-4-2-10(3-5-12)6-11-7-13(17-9-11)14(18)8-15(19)16(20)21/h2-5,7-9,17,19H,6H2,1H3,(H,20,21)/b15-8-.